The summed E-state index contributed by atoms with van der Waals surface area (Å²) in [4.78, 5) is 39.7. The summed E-state index contributed by atoms with van der Waals surface area (Å²) in [6.07, 6.45) is 0.448. The second kappa shape index (κ2) is 8.22. The number of rotatable bonds is 6. The predicted octanol–water partition coefficient (Wildman–Crippen LogP) is 0.974. The van der Waals surface area contributed by atoms with Gasteiger partial charge in [0.1, 0.15) is 0 Å². The Morgan fingerprint density at radius 2 is 1.92 bits per heavy atom. The van der Waals surface area contributed by atoms with Gasteiger partial charge < -0.3 is 10.5 Å². The third kappa shape index (κ3) is 3.88. The van der Waals surface area contributed by atoms with Crippen molar-refractivity contribution in [1.29, 1.82) is 0 Å². The first kappa shape index (κ1) is 19.1. The highest BCUT2D eigenvalue weighted by Crippen LogP contribution is 2.34. The number of Topliss-reactive ketones (excluding diaryl/α,β-unsaturated/α-hetero) is 1. The van der Waals surface area contributed by atoms with E-state index in [1.807, 2.05) is 13.0 Å². The molecule has 2 rings (SSSR count). The number of para-hydroxylation sites is 1. The minimum Gasteiger partial charge on any atom is -0.357 e. The number of likely N-dealkylation sites (N-methyl/N-ethyl adjacent to an activating group) is 1. The molecule has 1 aromatic carbocycles. The van der Waals surface area contributed by atoms with Gasteiger partial charge in [-0.25, -0.2) is 5.48 Å². The SMILES string of the molecule is CNC(=O)[C@@H]1C(=O)C(C)[C@@H](CC(C)CNO)C(=O)N1c1ccccc1. The maximum atomic E-state index is 13.2. The molecular formula is C18H25N3O4. The lowest BCUT2D eigenvalue weighted by Crippen LogP contribution is -2.62. The van der Waals surface area contributed by atoms with Crippen LogP contribution in [-0.2, 0) is 14.4 Å². The molecule has 0 bridgehead atoms. The van der Waals surface area contributed by atoms with Crippen molar-refractivity contribution >= 4 is 23.3 Å². The van der Waals surface area contributed by atoms with Crippen LogP contribution in [0.3, 0.4) is 0 Å². The quantitative estimate of drug-likeness (QED) is 0.526. The normalized spacial score (nSPS) is 25.0. The molecule has 0 radical (unpaired) electrons. The molecule has 0 aliphatic carbocycles. The summed E-state index contributed by atoms with van der Waals surface area (Å²) >= 11 is 0. The van der Waals surface area contributed by atoms with Crippen LogP contribution in [0.2, 0.25) is 0 Å². The monoisotopic (exact) mass is 347 g/mol. The van der Waals surface area contributed by atoms with E-state index < -0.39 is 23.8 Å². The van der Waals surface area contributed by atoms with E-state index in [-0.39, 0.29) is 17.6 Å². The van der Waals surface area contributed by atoms with E-state index in [2.05, 4.69) is 10.8 Å². The van der Waals surface area contributed by atoms with E-state index in [4.69, 9.17) is 5.21 Å². The Morgan fingerprint density at radius 3 is 2.48 bits per heavy atom. The van der Waals surface area contributed by atoms with Crippen LogP contribution in [0.15, 0.2) is 30.3 Å². The summed E-state index contributed by atoms with van der Waals surface area (Å²) in [7, 11) is 1.45. The van der Waals surface area contributed by atoms with Gasteiger partial charge in [-0.3, -0.25) is 19.3 Å². The molecule has 1 aliphatic rings. The van der Waals surface area contributed by atoms with Gasteiger partial charge in [-0.05, 0) is 24.5 Å². The number of ketones is 1. The molecule has 0 saturated carbocycles. The lowest BCUT2D eigenvalue weighted by atomic mass is 9.76. The second-order valence-electron chi connectivity index (χ2n) is 6.56. The number of hydroxylamine groups is 1. The predicted molar refractivity (Wildman–Crippen MR) is 93.0 cm³/mol. The molecule has 4 atom stereocenters. The van der Waals surface area contributed by atoms with Crippen molar-refractivity contribution < 1.29 is 19.6 Å². The van der Waals surface area contributed by atoms with E-state index in [0.29, 0.717) is 18.7 Å². The largest absolute Gasteiger partial charge is 0.357 e. The van der Waals surface area contributed by atoms with Crippen molar-refractivity contribution in [2.75, 3.05) is 18.5 Å². The fraction of sp³-hybridized carbons (Fsp3) is 0.500. The first-order valence-corrected chi connectivity index (χ1v) is 8.42. The molecular weight excluding hydrogens is 322 g/mol. The molecule has 2 amide bonds. The highest BCUT2D eigenvalue weighted by molar-refractivity contribution is 6.19. The minimum absolute atomic E-state index is 0.00313. The van der Waals surface area contributed by atoms with Crippen LogP contribution in [-0.4, -0.2) is 42.4 Å². The standard InChI is InChI=1S/C18H25N3O4/c1-11(10-20-25)9-14-12(2)16(22)15(17(23)19-3)21(18(14)24)13-7-5-4-6-8-13/h4-8,11-12,14-15,20,25H,9-10H2,1-3H3,(H,19,23)/t11?,12?,14-,15+/m1/s1. The fourth-order valence-corrected chi connectivity index (χ4v) is 3.32. The average Bonchev–Trinajstić information content (AvgIpc) is 2.62. The van der Waals surface area contributed by atoms with Crippen molar-refractivity contribution in [3.63, 3.8) is 0 Å². The summed E-state index contributed by atoms with van der Waals surface area (Å²) in [5.41, 5.74) is 2.63. The number of hydrogen-bond donors (Lipinski definition) is 3. The molecule has 0 spiro atoms. The Balaban J connectivity index is 2.41. The number of benzene rings is 1. The number of carbonyl (C=O) groups excluding carboxylic acids is 3. The lowest BCUT2D eigenvalue weighted by molar-refractivity contribution is -0.143. The smallest absolute Gasteiger partial charge is 0.250 e. The molecule has 1 heterocycles. The molecule has 136 valence electrons. The van der Waals surface area contributed by atoms with Crippen molar-refractivity contribution in [3.8, 4) is 0 Å². The molecule has 3 N–H and O–H groups in total. The van der Waals surface area contributed by atoms with Crippen LogP contribution in [0, 0.1) is 17.8 Å². The van der Waals surface area contributed by atoms with Gasteiger partial charge in [-0.15, -0.1) is 0 Å². The number of anilines is 1. The zero-order valence-corrected chi connectivity index (χ0v) is 14.7. The number of piperidine rings is 1. The summed E-state index contributed by atoms with van der Waals surface area (Å²) < 4.78 is 0. The zero-order valence-electron chi connectivity index (χ0n) is 14.7. The molecule has 0 aromatic heterocycles. The van der Waals surface area contributed by atoms with E-state index in [1.54, 1.807) is 31.2 Å². The number of nitrogens with one attached hydrogen (secondary N) is 2. The van der Waals surface area contributed by atoms with E-state index in [0.717, 1.165) is 0 Å². The highest BCUT2D eigenvalue weighted by Gasteiger charge is 2.49. The van der Waals surface area contributed by atoms with Gasteiger partial charge in [0.25, 0.3) is 5.91 Å². The van der Waals surface area contributed by atoms with Crippen LogP contribution < -0.4 is 15.7 Å². The number of nitrogens with zero attached hydrogens (tertiary/aromatic N) is 1. The van der Waals surface area contributed by atoms with Crippen molar-refractivity contribution in [2.24, 2.45) is 17.8 Å². The van der Waals surface area contributed by atoms with Gasteiger partial charge in [-0.1, -0.05) is 32.0 Å². The Bertz CT molecular complexity index is 634. The first-order valence-electron chi connectivity index (χ1n) is 8.42. The first-order chi connectivity index (χ1) is 11.9. The van der Waals surface area contributed by atoms with Crippen LogP contribution >= 0.6 is 0 Å². The Hall–Kier alpha value is -2.25. The lowest BCUT2D eigenvalue weighted by Gasteiger charge is -2.41. The fourth-order valence-electron chi connectivity index (χ4n) is 3.32. The van der Waals surface area contributed by atoms with Gasteiger partial charge in [-0.2, -0.15) is 0 Å². The van der Waals surface area contributed by atoms with Gasteiger partial charge in [0.05, 0.1) is 0 Å². The van der Waals surface area contributed by atoms with E-state index in [9.17, 15) is 14.4 Å². The van der Waals surface area contributed by atoms with Gasteiger partial charge in [0.2, 0.25) is 5.91 Å². The third-order valence-corrected chi connectivity index (χ3v) is 4.76. The maximum Gasteiger partial charge on any atom is 0.250 e. The molecule has 7 nitrogen and oxygen atoms in total. The van der Waals surface area contributed by atoms with Gasteiger partial charge >= 0.3 is 0 Å². The van der Waals surface area contributed by atoms with Crippen LogP contribution in [0.1, 0.15) is 20.3 Å². The second-order valence-corrected chi connectivity index (χ2v) is 6.56. The summed E-state index contributed by atoms with van der Waals surface area (Å²) in [6.45, 7) is 3.92. The Morgan fingerprint density at radius 1 is 1.28 bits per heavy atom. The van der Waals surface area contributed by atoms with Gasteiger partial charge in [0.15, 0.2) is 11.8 Å². The van der Waals surface area contributed by atoms with Crippen molar-refractivity contribution in [3.05, 3.63) is 30.3 Å². The Labute approximate surface area is 147 Å². The summed E-state index contributed by atoms with van der Waals surface area (Å²) in [5.74, 6) is -2.08. The molecule has 1 saturated heterocycles. The topological polar surface area (TPSA) is 98.7 Å². The minimum atomic E-state index is -1.16. The van der Waals surface area contributed by atoms with Gasteiger partial charge in [0, 0.05) is 31.1 Å². The number of amides is 2. The number of hydrogen-bond acceptors (Lipinski definition) is 5. The maximum absolute atomic E-state index is 13.2. The summed E-state index contributed by atoms with van der Waals surface area (Å²) in [6, 6.07) is 7.61. The van der Waals surface area contributed by atoms with E-state index in [1.165, 1.54) is 11.9 Å². The Kier molecular flexibility index (Phi) is 6.27. The molecule has 7 heteroatoms. The molecule has 1 aliphatic heterocycles. The molecule has 25 heavy (non-hydrogen) atoms. The van der Waals surface area contributed by atoms with Crippen molar-refractivity contribution in [2.45, 2.75) is 26.3 Å². The van der Waals surface area contributed by atoms with Crippen molar-refractivity contribution in [1.82, 2.24) is 10.8 Å². The third-order valence-electron chi connectivity index (χ3n) is 4.76. The molecule has 1 aromatic rings. The van der Waals surface area contributed by atoms with Crippen LogP contribution in [0.25, 0.3) is 0 Å². The molecule has 2 unspecified atom stereocenters. The number of carbonyl (C=O) groups is 3. The zero-order chi connectivity index (χ0) is 18.6. The van der Waals surface area contributed by atoms with E-state index >= 15 is 0 Å². The highest BCUT2D eigenvalue weighted by atomic mass is 16.5. The molecule has 1 fully saturated rings. The van der Waals surface area contributed by atoms with Crippen LogP contribution in [0.5, 0.6) is 0 Å². The average molecular weight is 347 g/mol. The summed E-state index contributed by atoms with van der Waals surface area (Å²) in [5, 5.41) is 11.3. The van der Waals surface area contributed by atoms with Crippen LogP contribution in [0.4, 0.5) is 5.69 Å².